The normalized spacial score (nSPS) is 25.0. The van der Waals surface area contributed by atoms with Gasteiger partial charge in [-0.25, -0.2) is 0 Å². The number of aryl methyl sites for hydroxylation is 1. The van der Waals surface area contributed by atoms with E-state index < -0.39 is 0 Å². The number of hydrogen-bond donors (Lipinski definition) is 1. The highest BCUT2D eigenvalue weighted by atomic mass is 16.2. The minimum absolute atomic E-state index is 0.0899. The van der Waals surface area contributed by atoms with Crippen LogP contribution in [0.2, 0.25) is 0 Å². The van der Waals surface area contributed by atoms with E-state index >= 15 is 0 Å². The average molecular weight is 315 g/mol. The summed E-state index contributed by atoms with van der Waals surface area (Å²) in [6.07, 6.45) is 1.12. The van der Waals surface area contributed by atoms with Crippen molar-refractivity contribution in [2.24, 2.45) is 0 Å². The Labute approximate surface area is 137 Å². The molecular weight excluding hydrogens is 290 g/mol. The summed E-state index contributed by atoms with van der Waals surface area (Å²) in [6.45, 7) is 6.93. The van der Waals surface area contributed by atoms with Gasteiger partial charge in [-0.3, -0.25) is 9.59 Å². The van der Waals surface area contributed by atoms with E-state index in [0.717, 1.165) is 25.2 Å². The van der Waals surface area contributed by atoms with Gasteiger partial charge < -0.3 is 15.1 Å². The van der Waals surface area contributed by atoms with Gasteiger partial charge in [0, 0.05) is 38.6 Å². The van der Waals surface area contributed by atoms with Crippen LogP contribution in [0.4, 0.5) is 0 Å². The first kappa shape index (κ1) is 16.0. The van der Waals surface area contributed by atoms with Crippen LogP contribution in [0.3, 0.4) is 0 Å². The van der Waals surface area contributed by atoms with Crippen LogP contribution in [-0.2, 0) is 16.1 Å². The maximum atomic E-state index is 12.9. The monoisotopic (exact) mass is 315 g/mol. The number of nitrogens with one attached hydrogen (secondary N) is 1. The van der Waals surface area contributed by atoms with Gasteiger partial charge >= 0.3 is 0 Å². The minimum atomic E-state index is -0.297. The smallest absolute Gasteiger partial charge is 0.245 e. The Bertz CT molecular complexity index is 584. The van der Waals surface area contributed by atoms with Crippen LogP contribution in [0.5, 0.6) is 0 Å². The second-order valence-corrected chi connectivity index (χ2v) is 6.70. The number of rotatable bonds is 3. The Morgan fingerprint density at radius 2 is 2.04 bits per heavy atom. The number of amides is 2. The Kier molecular flexibility index (Phi) is 4.66. The molecule has 0 bridgehead atoms. The number of piperazine rings is 1. The van der Waals surface area contributed by atoms with Gasteiger partial charge in [-0.05, 0) is 25.8 Å². The van der Waals surface area contributed by atoms with Crippen molar-refractivity contribution in [3.05, 3.63) is 35.4 Å². The summed E-state index contributed by atoms with van der Waals surface area (Å²) < 4.78 is 0. The van der Waals surface area contributed by atoms with Crippen LogP contribution >= 0.6 is 0 Å². The molecule has 3 rings (SSSR count). The molecule has 2 amide bonds. The molecule has 0 aliphatic carbocycles. The zero-order chi connectivity index (χ0) is 16.4. The van der Waals surface area contributed by atoms with Crippen molar-refractivity contribution in [1.82, 2.24) is 15.1 Å². The van der Waals surface area contributed by atoms with E-state index in [1.54, 1.807) is 4.90 Å². The number of nitrogens with zero attached hydrogens (tertiary/aromatic N) is 2. The quantitative estimate of drug-likeness (QED) is 0.915. The standard InChI is InChI=1S/C18H25N3O2/c1-13-3-5-15(6-4-13)12-21-16(7-8-17(21)22)18(23)20-10-9-19-14(2)11-20/h3-6,14,16,19H,7-12H2,1-2H3. The van der Waals surface area contributed by atoms with Crippen molar-refractivity contribution in [1.29, 1.82) is 0 Å². The average Bonchev–Trinajstić information content (AvgIpc) is 2.90. The Morgan fingerprint density at radius 1 is 1.30 bits per heavy atom. The predicted octanol–water partition coefficient (Wildman–Crippen LogP) is 1.31. The third-order valence-corrected chi connectivity index (χ3v) is 4.77. The van der Waals surface area contributed by atoms with Crippen molar-refractivity contribution in [3.8, 4) is 0 Å². The first-order valence-electron chi connectivity index (χ1n) is 8.42. The van der Waals surface area contributed by atoms with E-state index in [0.29, 0.717) is 25.4 Å². The Morgan fingerprint density at radius 3 is 2.74 bits per heavy atom. The fraction of sp³-hybridized carbons (Fsp3) is 0.556. The molecule has 124 valence electrons. The summed E-state index contributed by atoms with van der Waals surface area (Å²) in [5.41, 5.74) is 2.28. The lowest BCUT2D eigenvalue weighted by molar-refractivity contribution is -0.142. The van der Waals surface area contributed by atoms with Crippen LogP contribution < -0.4 is 5.32 Å². The van der Waals surface area contributed by atoms with E-state index in [9.17, 15) is 9.59 Å². The van der Waals surface area contributed by atoms with Crippen LogP contribution in [-0.4, -0.2) is 53.3 Å². The van der Waals surface area contributed by atoms with E-state index in [-0.39, 0.29) is 17.9 Å². The molecule has 5 heteroatoms. The molecule has 2 aliphatic rings. The van der Waals surface area contributed by atoms with Gasteiger partial charge in [0.1, 0.15) is 6.04 Å². The molecule has 2 unspecified atom stereocenters. The summed E-state index contributed by atoms with van der Waals surface area (Å²) >= 11 is 0. The number of carbonyl (C=O) groups is 2. The first-order valence-corrected chi connectivity index (χ1v) is 8.42. The third-order valence-electron chi connectivity index (χ3n) is 4.77. The van der Waals surface area contributed by atoms with Crippen LogP contribution in [0, 0.1) is 6.92 Å². The van der Waals surface area contributed by atoms with E-state index in [1.807, 2.05) is 36.1 Å². The third kappa shape index (κ3) is 3.55. The molecule has 1 aromatic rings. The molecule has 2 atom stereocenters. The zero-order valence-corrected chi connectivity index (χ0v) is 13.9. The van der Waals surface area contributed by atoms with Crippen LogP contribution in [0.25, 0.3) is 0 Å². The van der Waals surface area contributed by atoms with Crippen molar-refractivity contribution in [3.63, 3.8) is 0 Å². The zero-order valence-electron chi connectivity index (χ0n) is 13.9. The van der Waals surface area contributed by atoms with Crippen molar-refractivity contribution in [2.75, 3.05) is 19.6 Å². The molecule has 0 saturated carbocycles. The van der Waals surface area contributed by atoms with Crippen LogP contribution in [0.15, 0.2) is 24.3 Å². The number of likely N-dealkylation sites (tertiary alicyclic amines) is 1. The lowest BCUT2D eigenvalue weighted by atomic mass is 10.1. The summed E-state index contributed by atoms with van der Waals surface area (Å²) in [6, 6.07) is 8.18. The van der Waals surface area contributed by atoms with E-state index in [1.165, 1.54) is 5.56 Å². The van der Waals surface area contributed by atoms with Crippen molar-refractivity contribution < 1.29 is 9.59 Å². The fourth-order valence-electron chi connectivity index (χ4n) is 3.42. The fourth-order valence-corrected chi connectivity index (χ4v) is 3.42. The summed E-state index contributed by atoms with van der Waals surface area (Å²) in [7, 11) is 0. The number of hydrogen-bond acceptors (Lipinski definition) is 3. The molecule has 0 aromatic heterocycles. The van der Waals surface area contributed by atoms with E-state index in [4.69, 9.17) is 0 Å². The number of benzene rings is 1. The highest BCUT2D eigenvalue weighted by molar-refractivity contribution is 5.91. The molecule has 23 heavy (non-hydrogen) atoms. The molecule has 0 radical (unpaired) electrons. The van der Waals surface area contributed by atoms with Gasteiger partial charge in [0.2, 0.25) is 11.8 Å². The van der Waals surface area contributed by atoms with Gasteiger partial charge in [0.15, 0.2) is 0 Å². The highest BCUT2D eigenvalue weighted by Crippen LogP contribution is 2.24. The second-order valence-electron chi connectivity index (χ2n) is 6.70. The maximum Gasteiger partial charge on any atom is 0.245 e. The minimum Gasteiger partial charge on any atom is -0.338 e. The van der Waals surface area contributed by atoms with E-state index in [2.05, 4.69) is 12.2 Å². The predicted molar refractivity (Wildman–Crippen MR) is 88.8 cm³/mol. The molecule has 1 N–H and O–H groups in total. The molecule has 2 heterocycles. The van der Waals surface area contributed by atoms with Crippen molar-refractivity contribution in [2.45, 2.75) is 45.3 Å². The highest BCUT2D eigenvalue weighted by Gasteiger charge is 2.38. The van der Waals surface area contributed by atoms with Gasteiger partial charge in [0.25, 0.3) is 0 Å². The largest absolute Gasteiger partial charge is 0.338 e. The molecule has 5 nitrogen and oxygen atoms in total. The van der Waals surface area contributed by atoms with Gasteiger partial charge in [-0.15, -0.1) is 0 Å². The maximum absolute atomic E-state index is 12.9. The van der Waals surface area contributed by atoms with Crippen LogP contribution in [0.1, 0.15) is 30.9 Å². The molecule has 2 saturated heterocycles. The molecular formula is C18H25N3O2. The Hall–Kier alpha value is -1.88. The topological polar surface area (TPSA) is 52.7 Å². The lowest BCUT2D eigenvalue weighted by Crippen LogP contribution is -2.55. The summed E-state index contributed by atoms with van der Waals surface area (Å²) in [5, 5.41) is 3.35. The number of carbonyl (C=O) groups excluding carboxylic acids is 2. The molecule has 1 aromatic carbocycles. The van der Waals surface area contributed by atoms with Crippen molar-refractivity contribution >= 4 is 11.8 Å². The lowest BCUT2D eigenvalue weighted by Gasteiger charge is -2.35. The first-order chi connectivity index (χ1) is 11.0. The summed E-state index contributed by atoms with van der Waals surface area (Å²) in [5.74, 6) is 0.198. The SMILES string of the molecule is Cc1ccc(CN2C(=O)CCC2C(=O)N2CCNC(C)C2)cc1. The Balaban J connectivity index is 1.71. The molecule has 2 aliphatic heterocycles. The molecule has 2 fully saturated rings. The second kappa shape index (κ2) is 6.71. The van der Waals surface area contributed by atoms with Gasteiger partial charge in [0.05, 0.1) is 0 Å². The molecule has 0 spiro atoms. The van der Waals surface area contributed by atoms with Gasteiger partial charge in [-0.1, -0.05) is 29.8 Å². The van der Waals surface area contributed by atoms with Gasteiger partial charge in [-0.2, -0.15) is 0 Å². The summed E-state index contributed by atoms with van der Waals surface area (Å²) in [4.78, 5) is 28.8.